The molecule has 1 fully saturated rings. The van der Waals surface area contributed by atoms with E-state index in [0.29, 0.717) is 37.1 Å². The van der Waals surface area contributed by atoms with E-state index in [1.807, 2.05) is 33.0 Å². The van der Waals surface area contributed by atoms with Gasteiger partial charge in [0.2, 0.25) is 5.91 Å². The van der Waals surface area contributed by atoms with Gasteiger partial charge in [0.1, 0.15) is 0 Å². The van der Waals surface area contributed by atoms with E-state index in [1.54, 1.807) is 24.6 Å². The molecule has 3 amide bonds. The van der Waals surface area contributed by atoms with Crippen LogP contribution in [0.15, 0.2) is 18.2 Å². The van der Waals surface area contributed by atoms with Gasteiger partial charge in [-0.05, 0) is 52.7 Å². The Hall–Kier alpha value is -3.20. The summed E-state index contributed by atoms with van der Waals surface area (Å²) in [6.45, 7) is 8.67. The molecule has 182 valence electrons. The third kappa shape index (κ3) is 4.20. The van der Waals surface area contributed by atoms with Crippen LogP contribution >= 0.6 is 0 Å². The van der Waals surface area contributed by atoms with Crippen molar-refractivity contribution < 1.29 is 19.5 Å². The van der Waals surface area contributed by atoms with E-state index in [4.69, 9.17) is 0 Å². The van der Waals surface area contributed by atoms with E-state index in [1.165, 1.54) is 4.90 Å². The Labute approximate surface area is 199 Å². The van der Waals surface area contributed by atoms with E-state index in [0.717, 1.165) is 22.6 Å². The minimum absolute atomic E-state index is 0.0587. The summed E-state index contributed by atoms with van der Waals surface area (Å²) in [5.74, 6) is -0.784. The fraction of sp³-hybridized carbons (Fsp3) is 0.520. The number of fused-ring (bicyclic) bond motifs is 1. The van der Waals surface area contributed by atoms with Crippen LogP contribution in [-0.4, -0.2) is 62.7 Å². The van der Waals surface area contributed by atoms with Gasteiger partial charge in [0.25, 0.3) is 11.8 Å². The third-order valence-electron chi connectivity index (χ3n) is 7.02. The Morgan fingerprint density at radius 2 is 1.85 bits per heavy atom. The molecule has 1 aromatic carbocycles. The van der Waals surface area contributed by atoms with Crippen LogP contribution in [0.25, 0.3) is 0 Å². The van der Waals surface area contributed by atoms with Crippen LogP contribution in [0.3, 0.4) is 0 Å². The second kappa shape index (κ2) is 8.87. The summed E-state index contributed by atoms with van der Waals surface area (Å²) >= 11 is 0. The normalized spacial score (nSPS) is 16.9. The molecule has 2 aliphatic rings. The van der Waals surface area contributed by atoms with Gasteiger partial charge in [0.15, 0.2) is 0 Å². The van der Waals surface area contributed by atoms with Gasteiger partial charge < -0.3 is 15.3 Å². The number of aliphatic hydroxyl groups is 1. The molecule has 9 nitrogen and oxygen atoms in total. The quantitative estimate of drug-likeness (QED) is 0.629. The number of aliphatic hydroxyl groups excluding tert-OH is 1. The van der Waals surface area contributed by atoms with Gasteiger partial charge in [-0.15, -0.1) is 0 Å². The summed E-state index contributed by atoms with van der Waals surface area (Å²) in [6, 6.07) is 5.40. The van der Waals surface area contributed by atoms with Crippen LogP contribution in [0, 0.1) is 19.8 Å². The lowest BCUT2D eigenvalue weighted by Gasteiger charge is -2.35. The number of nitrogens with one attached hydrogen (secondary N) is 1. The van der Waals surface area contributed by atoms with Crippen LogP contribution in [0.1, 0.15) is 64.4 Å². The summed E-state index contributed by atoms with van der Waals surface area (Å²) in [5.41, 5.74) is 3.57. The Morgan fingerprint density at radius 1 is 1.18 bits per heavy atom. The van der Waals surface area contributed by atoms with Crippen LogP contribution < -0.4 is 10.2 Å². The van der Waals surface area contributed by atoms with Crippen molar-refractivity contribution in [2.45, 2.75) is 52.6 Å². The van der Waals surface area contributed by atoms with Gasteiger partial charge in [0, 0.05) is 37.3 Å². The molecule has 0 spiro atoms. The number of anilines is 1. The standard InChI is InChI=1S/C25H33N5O4/c1-15-19(16(2)28(5)27-15)13-30-23(33)18-7-6-8-20(21(18)24(30)34)29-11-9-17(10-12-29)22(32)26-25(3,4)14-31/h6-8,17,31H,9-14H2,1-5H3,(H,26,32). The lowest BCUT2D eigenvalue weighted by Crippen LogP contribution is -2.50. The largest absolute Gasteiger partial charge is 0.394 e. The molecule has 2 N–H and O–H groups in total. The molecule has 1 saturated heterocycles. The van der Waals surface area contributed by atoms with Crippen molar-refractivity contribution in [2.75, 3.05) is 24.6 Å². The molecule has 0 atom stereocenters. The van der Waals surface area contributed by atoms with Gasteiger partial charge in [-0.25, -0.2) is 0 Å². The molecule has 2 aromatic rings. The Bertz CT molecular complexity index is 1140. The third-order valence-corrected chi connectivity index (χ3v) is 7.02. The molecular formula is C25H33N5O4. The smallest absolute Gasteiger partial charge is 0.263 e. The van der Waals surface area contributed by atoms with Gasteiger partial charge in [-0.1, -0.05) is 6.07 Å². The SMILES string of the molecule is Cc1nn(C)c(C)c1CN1C(=O)c2cccc(N3CCC(C(=O)NC(C)(C)CO)CC3)c2C1=O. The zero-order chi connectivity index (χ0) is 24.8. The first-order valence-electron chi connectivity index (χ1n) is 11.7. The molecule has 0 bridgehead atoms. The van der Waals surface area contributed by atoms with Crippen LogP contribution in [-0.2, 0) is 18.4 Å². The minimum atomic E-state index is -0.657. The number of aryl methyl sites for hydroxylation is 2. The predicted octanol–water partition coefficient (Wildman–Crippen LogP) is 1.94. The number of rotatable bonds is 6. The van der Waals surface area contributed by atoms with Crippen molar-refractivity contribution in [1.82, 2.24) is 20.0 Å². The fourth-order valence-corrected chi connectivity index (χ4v) is 4.78. The highest BCUT2D eigenvalue weighted by atomic mass is 16.3. The van der Waals surface area contributed by atoms with Gasteiger partial charge in [-0.3, -0.25) is 24.0 Å². The predicted molar refractivity (Wildman–Crippen MR) is 128 cm³/mol. The van der Waals surface area contributed by atoms with Crippen molar-refractivity contribution >= 4 is 23.4 Å². The first-order valence-corrected chi connectivity index (χ1v) is 11.7. The molecule has 0 radical (unpaired) electrons. The number of imide groups is 1. The number of benzene rings is 1. The molecule has 0 saturated carbocycles. The molecule has 0 unspecified atom stereocenters. The van der Waals surface area contributed by atoms with E-state index in [9.17, 15) is 19.5 Å². The maximum Gasteiger partial charge on any atom is 0.263 e. The molecule has 2 aliphatic heterocycles. The number of nitrogens with zero attached hydrogens (tertiary/aromatic N) is 4. The zero-order valence-corrected chi connectivity index (χ0v) is 20.5. The van der Waals surface area contributed by atoms with E-state index >= 15 is 0 Å². The van der Waals surface area contributed by atoms with Crippen LogP contribution in [0.2, 0.25) is 0 Å². The lowest BCUT2D eigenvalue weighted by molar-refractivity contribution is -0.127. The monoisotopic (exact) mass is 467 g/mol. The number of carbonyl (C=O) groups excluding carboxylic acids is 3. The molecule has 0 aliphatic carbocycles. The molecule has 34 heavy (non-hydrogen) atoms. The molecule has 4 rings (SSSR count). The van der Waals surface area contributed by atoms with Gasteiger partial charge in [-0.2, -0.15) is 5.10 Å². The number of aromatic nitrogens is 2. The fourth-order valence-electron chi connectivity index (χ4n) is 4.78. The zero-order valence-electron chi connectivity index (χ0n) is 20.5. The number of piperidine rings is 1. The number of hydrogen-bond donors (Lipinski definition) is 2. The molecule has 1 aromatic heterocycles. The number of amides is 3. The topological polar surface area (TPSA) is 108 Å². The summed E-state index contributed by atoms with van der Waals surface area (Å²) in [7, 11) is 1.85. The second-order valence-electron chi connectivity index (χ2n) is 9.96. The maximum atomic E-state index is 13.4. The number of hydrogen-bond acceptors (Lipinski definition) is 6. The van der Waals surface area contributed by atoms with Crippen LogP contribution in [0.5, 0.6) is 0 Å². The average Bonchev–Trinajstić information content (AvgIpc) is 3.20. The van der Waals surface area contributed by atoms with Gasteiger partial charge >= 0.3 is 0 Å². The lowest BCUT2D eigenvalue weighted by atomic mass is 9.93. The summed E-state index contributed by atoms with van der Waals surface area (Å²) in [5, 5.41) is 16.7. The van der Waals surface area contributed by atoms with Crippen molar-refractivity contribution in [2.24, 2.45) is 13.0 Å². The molecule has 3 heterocycles. The second-order valence-corrected chi connectivity index (χ2v) is 9.96. The van der Waals surface area contributed by atoms with Crippen LogP contribution in [0.4, 0.5) is 5.69 Å². The highest BCUT2D eigenvalue weighted by Crippen LogP contribution is 2.35. The minimum Gasteiger partial charge on any atom is -0.394 e. The number of carbonyl (C=O) groups is 3. The summed E-state index contributed by atoms with van der Waals surface area (Å²) < 4.78 is 1.76. The molecule has 9 heteroatoms. The highest BCUT2D eigenvalue weighted by molar-refractivity contribution is 6.23. The van der Waals surface area contributed by atoms with E-state index in [-0.39, 0.29) is 36.8 Å². The Morgan fingerprint density at radius 3 is 2.44 bits per heavy atom. The molecular weight excluding hydrogens is 434 g/mol. The highest BCUT2D eigenvalue weighted by Gasteiger charge is 2.40. The van der Waals surface area contributed by atoms with Gasteiger partial charge in [0.05, 0.1) is 41.2 Å². The summed E-state index contributed by atoms with van der Waals surface area (Å²) in [4.78, 5) is 42.6. The van der Waals surface area contributed by atoms with Crippen molar-refractivity contribution in [3.63, 3.8) is 0 Å². The van der Waals surface area contributed by atoms with Crippen molar-refractivity contribution in [3.05, 3.63) is 46.3 Å². The Kier molecular flexibility index (Phi) is 6.24. The first-order chi connectivity index (χ1) is 16.0. The summed E-state index contributed by atoms with van der Waals surface area (Å²) in [6.07, 6.45) is 1.27. The van der Waals surface area contributed by atoms with E-state index < -0.39 is 5.54 Å². The van der Waals surface area contributed by atoms with Crippen molar-refractivity contribution in [1.29, 1.82) is 0 Å². The van der Waals surface area contributed by atoms with Crippen molar-refractivity contribution in [3.8, 4) is 0 Å². The Balaban J connectivity index is 1.51. The maximum absolute atomic E-state index is 13.4. The van der Waals surface area contributed by atoms with E-state index in [2.05, 4.69) is 15.3 Å². The first kappa shape index (κ1) is 23.9. The average molecular weight is 468 g/mol.